The number of sulfone groups is 1. The lowest BCUT2D eigenvalue weighted by Gasteiger charge is -2.15. The van der Waals surface area contributed by atoms with Crippen molar-refractivity contribution in [2.45, 2.75) is 17.9 Å². The fraction of sp³-hybridized carbons (Fsp3) is 0.278. The van der Waals surface area contributed by atoms with E-state index in [1.165, 1.54) is 26.4 Å². The van der Waals surface area contributed by atoms with Gasteiger partial charge in [0, 0.05) is 17.9 Å². The molecule has 134 valence electrons. The van der Waals surface area contributed by atoms with Gasteiger partial charge in [0.15, 0.2) is 9.84 Å². The van der Waals surface area contributed by atoms with Crippen LogP contribution in [-0.4, -0.2) is 34.8 Å². The van der Waals surface area contributed by atoms with Gasteiger partial charge >= 0.3 is 0 Å². The monoisotopic (exact) mass is 363 g/mol. The predicted molar refractivity (Wildman–Crippen MR) is 95.0 cm³/mol. The molecule has 0 aromatic heterocycles. The van der Waals surface area contributed by atoms with Crippen LogP contribution in [0.3, 0.4) is 0 Å². The Morgan fingerprint density at radius 3 is 1.96 bits per heavy atom. The molecule has 0 fully saturated rings. The molecule has 0 aliphatic rings. The van der Waals surface area contributed by atoms with Crippen LogP contribution in [-0.2, 0) is 9.84 Å². The Bertz CT molecular complexity index is 837. The maximum absolute atomic E-state index is 12.5. The van der Waals surface area contributed by atoms with E-state index >= 15 is 0 Å². The van der Waals surface area contributed by atoms with Crippen molar-refractivity contribution in [1.82, 2.24) is 5.32 Å². The zero-order valence-corrected chi connectivity index (χ0v) is 15.4. The molecule has 1 atom stereocenters. The predicted octanol–water partition coefficient (Wildman–Crippen LogP) is 2.60. The third kappa shape index (κ3) is 4.73. The SMILES string of the molecule is COc1cc(OC)cc(C(=O)N[C@@H](C)c2ccc(S(C)(=O)=O)cc2)c1. The maximum atomic E-state index is 12.5. The highest BCUT2D eigenvalue weighted by molar-refractivity contribution is 7.90. The highest BCUT2D eigenvalue weighted by Crippen LogP contribution is 2.23. The Kier molecular flexibility index (Phi) is 5.69. The summed E-state index contributed by atoms with van der Waals surface area (Å²) in [5, 5.41) is 2.87. The molecule has 2 aromatic carbocycles. The van der Waals surface area contributed by atoms with Gasteiger partial charge in [-0.05, 0) is 36.8 Å². The normalized spacial score (nSPS) is 12.3. The Morgan fingerprint density at radius 2 is 1.52 bits per heavy atom. The molecule has 0 saturated carbocycles. The Labute approximate surface area is 147 Å². The van der Waals surface area contributed by atoms with Gasteiger partial charge in [-0.3, -0.25) is 4.79 Å². The van der Waals surface area contributed by atoms with E-state index in [0.29, 0.717) is 17.1 Å². The van der Waals surface area contributed by atoms with Crippen LogP contribution in [0.1, 0.15) is 28.9 Å². The average molecular weight is 363 g/mol. The highest BCUT2D eigenvalue weighted by Gasteiger charge is 2.15. The van der Waals surface area contributed by atoms with E-state index in [0.717, 1.165) is 11.8 Å². The van der Waals surface area contributed by atoms with Gasteiger partial charge in [-0.25, -0.2) is 8.42 Å². The second-order valence-corrected chi connectivity index (χ2v) is 7.65. The van der Waals surface area contributed by atoms with Gasteiger partial charge in [-0.1, -0.05) is 12.1 Å². The fourth-order valence-electron chi connectivity index (χ4n) is 2.31. The van der Waals surface area contributed by atoms with E-state index in [1.807, 2.05) is 6.92 Å². The molecule has 6 nitrogen and oxygen atoms in total. The Hall–Kier alpha value is -2.54. The zero-order valence-electron chi connectivity index (χ0n) is 14.6. The molecule has 2 aromatic rings. The molecule has 0 spiro atoms. The first-order valence-electron chi connectivity index (χ1n) is 7.58. The summed E-state index contributed by atoms with van der Waals surface area (Å²) in [6.07, 6.45) is 1.16. The van der Waals surface area contributed by atoms with E-state index in [9.17, 15) is 13.2 Å². The molecule has 7 heteroatoms. The minimum atomic E-state index is -3.24. The summed E-state index contributed by atoms with van der Waals surface area (Å²) >= 11 is 0. The van der Waals surface area contributed by atoms with Gasteiger partial charge < -0.3 is 14.8 Å². The average Bonchev–Trinajstić information content (AvgIpc) is 2.60. The summed E-state index contributed by atoms with van der Waals surface area (Å²) < 4.78 is 33.3. The summed E-state index contributed by atoms with van der Waals surface area (Å²) in [5.74, 6) is 0.765. The van der Waals surface area contributed by atoms with Crippen molar-refractivity contribution in [3.8, 4) is 11.5 Å². The van der Waals surface area contributed by atoms with E-state index < -0.39 is 9.84 Å². The van der Waals surface area contributed by atoms with Crippen LogP contribution in [0.2, 0.25) is 0 Å². The number of methoxy groups -OCH3 is 2. The minimum absolute atomic E-state index is 0.243. The molecule has 0 saturated heterocycles. The van der Waals surface area contributed by atoms with Crippen molar-refractivity contribution in [3.63, 3.8) is 0 Å². The molecule has 0 bridgehead atoms. The highest BCUT2D eigenvalue weighted by atomic mass is 32.2. The Balaban J connectivity index is 2.17. The second kappa shape index (κ2) is 7.57. The number of ether oxygens (including phenoxy) is 2. The molecule has 2 rings (SSSR count). The third-order valence-corrected chi connectivity index (χ3v) is 4.90. The number of carbonyl (C=O) groups excluding carboxylic acids is 1. The number of amides is 1. The van der Waals surface area contributed by atoms with E-state index in [1.54, 1.807) is 30.3 Å². The van der Waals surface area contributed by atoms with Crippen LogP contribution in [0.15, 0.2) is 47.4 Å². The number of hydrogen-bond acceptors (Lipinski definition) is 5. The van der Waals surface area contributed by atoms with Crippen molar-refractivity contribution in [3.05, 3.63) is 53.6 Å². The molecular formula is C18H21NO5S. The maximum Gasteiger partial charge on any atom is 0.252 e. The number of carbonyl (C=O) groups is 1. The quantitative estimate of drug-likeness (QED) is 0.853. The summed E-state index contributed by atoms with van der Waals surface area (Å²) in [6, 6.07) is 11.1. The molecule has 0 aliphatic heterocycles. The van der Waals surface area contributed by atoms with Crippen LogP contribution < -0.4 is 14.8 Å². The van der Waals surface area contributed by atoms with Crippen LogP contribution in [0.4, 0.5) is 0 Å². The first-order valence-corrected chi connectivity index (χ1v) is 9.47. The molecule has 0 heterocycles. The Morgan fingerprint density at radius 1 is 1.00 bits per heavy atom. The zero-order chi connectivity index (χ0) is 18.6. The summed E-state index contributed by atoms with van der Waals surface area (Å²) in [7, 11) is -0.209. The number of nitrogens with one attached hydrogen (secondary N) is 1. The third-order valence-electron chi connectivity index (χ3n) is 3.77. The topological polar surface area (TPSA) is 81.7 Å². The van der Waals surface area contributed by atoms with Crippen LogP contribution in [0.25, 0.3) is 0 Å². The largest absolute Gasteiger partial charge is 0.497 e. The van der Waals surface area contributed by atoms with Gasteiger partial charge in [-0.15, -0.1) is 0 Å². The molecule has 0 unspecified atom stereocenters. The van der Waals surface area contributed by atoms with Crippen molar-refractivity contribution in [1.29, 1.82) is 0 Å². The summed E-state index contributed by atoms with van der Waals surface area (Å²) in [6.45, 7) is 1.82. The number of benzene rings is 2. The summed E-state index contributed by atoms with van der Waals surface area (Å²) in [5.41, 5.74) is 1.21. The van der Waals surface area contributed by atoms with Crippen molar-refractivity contribution in [2.24, 2.45) is 0 Å². The molecule has 1 amide bonds. The van der Waals surface area contributed by atoms with Gasteiger partial charge in [0.25, 0.3) is 5.91 Å². The first-order chi connectivity index (χ1) is 11.7. The molecule has 0 radical (unpaired) electrons. The standard InChI is InChI=1S/C18H21NO5S/c1-12(13-5-7-17(8-6-13)25(4,21)22)19-18(20)14-9-15(23-2)11-16(10-14)24-3/h5-12H,1-4H3,(H,19,20)/t12-/m0/s1. The van der Waals surface area contributed by atoms with Gasteiger partial charge in [0.1, 0.15) is 11.5 Å². The second-order valence-electron chi connectivity index (χ2n) is 5.64. The first kappa shape index (κ1) is 18.8. The van der Waals surface area contributed by atoms with E-state index in [-0.39, 0.29) is 16.8 Å². The lowest BCUT2D eigenvalue weighted by molar-refractivity contribution is 0.0939. The number of hydrogen-bond donors (Lipinski definition) is 1. The summed E-state index contributed by atoms with van der Waals surface area (Å²) in [4.78, 5) is 12.7. The van der Waals surface area contributed by atoms with Crippen molar-refractivity contribution in [2.75, 3.05) is 20.5 Å². The van der Waals surface area contributed by atoms with Gasteiger partial charge in [0.05, 0.1) is 25.2 Å². The van der Waals surface area contributed by atoms with Gasteiger partial charge in [0.2, 0.25) is 0 Å². The molecular weight excluding hydrogens is 342 g/mol. The van der Waals surface area contributed by atoms with Crippen molar-refractivity contribution >= 4 is 15.7 Å². The van der Waals surface area contributed by atoms with Crippen molar-refractivity contribution < 1.29 is 22.7 Å². The molecule has 0 aliphatic carbocycles. The molecule has 1 N–H and O–H groups in total. The smallest absolute Gasteiger partial charge is 0.252 e. The minimum Gasteiger partial charge on any atom is -0.497 e. The lowest BCUT2D eigenvalue weighted by atomic mass is 10.1. The van der Waals surface area contributed by atoms with Gasteiger partial charge in [-0.2, -0.15) is 0 Å². The molecule has 25 heavy (non-hydrogen) atoms. The van der Waals surface area contributed by atoms with Crippen LogP contribution in [0.5, 0.6) is 11.5 Å². The van der Waals surface area contributed by atoms with E-state index in [2.05, 4.69) is 5.32 Å². The number of rotatable bonds is 6. The van der Waals surface area contributed by atoms with Crippen LogP contribution >= 0.6 is 0 Å². The fourth-order valence-corrected chi connectivity index (χ4v) is 2.94. The van der Waals surface area contributed by atoms with E-state index in [4.69, 9.17) is 9.47 Å². The van der Waals surface area contributed by atoms with Crippen LogP contribution in [0, 0.1) is 0 Å². The lowest BCUT2D eigenvalue weighted by Crippen LogP contribution is -2.26.